The standard InChI is InChI=1S/C22H22N2O3/c1-26-19-13-12-18(14-20(19)27-2)22(25)17-10-8-16(9-11-17)21(24-23)15-6-4-3-5-7-15/h3-14,22,25H,23H2,1-2H3. The largest absolute Gasteiger partial charge is 0.493 e. The summed E-state index contributed by atoms with van der Waals surface area (Å²) in [5, 5.41) is 14.7. The van der Waals surface area contributed by atoms with Crippen LogP contribution in [0.3, 0.4) is 0 Å². The Morgan fingerprint density at radius 3 is 2.00 bits per heavy atom. The van der Waals surface area contributed by atoms with Crippen LogP contribution in [-0.4, -0.2) is 25.0 Å². The van der Waals surface area contributed by atoms with Gasteiger partial charge in [0.05, 0.1) is 19.9 Å². The Balaban J connectivity index is 1.87. The summed E-state index contributed by atoms with van der Waals surface area (Å²) in [6.45, 7) is 0. The molecule has 0 radical (unpaired) electrons. The van der Waals surface area contributed by atoms with Crippen LogP contribution in [0.4, 0.5) is 0 Å². The first-order valence-electron chi connectivity index (χ1n) is 8.51. The topological polar surface area (TPSA) is 77.1 Å². The number of rotatable bonds is 6. The molecule has 0 saturated carbocycles. The van der Waals surface area contributed by atoms with Crippen molar-refractivity contribution in [1.29, 1.82) is 0 Å². The normalized spacial score (nSPS) is 12.5. The van der Waals surface area contributed by atoms with Crippen molar-refractivity contribution in [2.75, 3.05) is 14.2 Å². The quantitative estimate of drug-likeness (QED) is 0.400. The summed E-state index contributed by atoms with van der Waals surface area (Å²) in [5.74, 6) is 6.79. The maximum Gasteiger partial charge on any atom is 0.161 e. The van der Waals surface area contributed by atoms with Crippen LogP contribution in [0.2, 0.25) is 0 Å². The van der Waals surface area contributed by atoms with Gasteiger partial charge in [-0.25, -0.2) is 0 Å². The lowest BCUT2D eigenvalue weighted by Crippen LogP contribution is -2.07. The molecule has 5 nitrogen and oxygen atoms in total. The number of aliphatic hydroxyl groups excluding tert-OH is 1. The van der Waals surface area contributed by atoms with Gasteiger partial charge in [0.2, 0.25) is 0 Å². The fourth-order valence-electron chi connectivity index (χ4n) is 2.95. The van der Waals surface area contributed by atoms with Gasteiger partial charge in [0, 0.05) is 11.1 Å². The predicted molar refractivity (Wildman–Crippen MR) is 106 cm³/mol. The molecule has 3 aromatic carbocycles. The Bertz CT molecular complexity index is 922. The summed E-state index contributed by atoms with van der Waals surface area (Å²) in [4.78, 5) is 0. The van der Waals surface area contributed by atoms with Crippen LogP contribution in [0.5, 0.6) is 11.5 Å². The van der Waals surface area contributed by atoms with Crippen LogP contribution >= 0.6 is 0 Å². The van der Waals surface area contributed by atoms with Crippen molar-refractivity contribution < 1.29 is 14.6 Å². The number of benzene rings is 3. The summed E-state index contributed by atoms with van der Waals surface area (Å²) in [6, 6.07) is 22.6. The Hall–Kier alpha value is -3.31. The number of hydrogen-bond acceptors (Lipinski definition) is 5. The number of methoxy groups -OCH3 is 2. The van der Waals surface area contributed by atoms with Gasteiger partial charge < -0.3 is 20.4 Å². The molecule has 1 atom stereocenters. The highest BCUT2D eigenvalue weighted by Gasteiger charge is 2.15. The van der Waals surface area contributed by atoms with Gasteiger partial charge in [0.25, 0.3) is 0 Å². The summed E-state index contributed by atoms with van der Waals surface area (Å²) in [7, 11) is 3.15. The molecular weight excluding hydrogens is 340 g/mol. The smallest absolute Gasteiger partial charge is 0.161 e. The second-order valence-electron chi connectivity index (χ2n) is 5.98. The zero-order chi connectivity index (χ0) is 19.2. The van der Waals surface area contributed by atoms with E-state index in [1.54, 1.807) is 26.4 Å². The molecule has 0 aliphatic carbocycles. The summed E-state index contributed by atoms with van der Waals surface area (Å²) >= 11 is 0. The molecule has 0 aromatic heterocycles. The molecule has 138 valence electrons. The first kappa shape index (κ1) is 18.5. The number of aliphatic hydroxyl groups is 1. The van der Waals surface area contributed by atoms with E-state index in [2.05, 4.69) is 5.10 Å². The number of nitrogens with zero attached hydrogens (tertiary/aromatic N) is 1. The molecule has 0 aliphatic rings. The molecule has 27 heavy (non-hydrogen) atoms. The van der Waals surface area contributed by atoms with Crippen molar-refractivity contribution in [3.05, 3.63) is 95.1 Å². The molecule has 0 saturated heterocycles. The van der Waals surface area contributed by atoms with Gasteiger partial charge in [-0.1, -0.05) is 60.7 Å². The molecule has 3 rings (SSSR count). The van der Waals surface area contributed by atoms with Crippen molar-refractivity contribution in [1.82, 2.24) is 0 Å². The molecule has 0 spiro atoms. The van der Waals surface area contributed by atoms with Crippen molar-refractivity contribution >= 4 is 5.71 Å². The Kier molecular flexibility index (Phi) is 5.74. The predicted octanol–water partition coefficient (Wildman–Crippen LogP) is 3.50. The van der Waals surface area contributed by atoms with Gasteiger partial charge >= 0.3 is 0 Å². The first-order chi connectivity index (χ1) is 13.2. The Labute approximate surface area is 158 Å². The van der Waals surface area contributed by atoms with Crippen LogP contribution in [0.25, 0.3) is 0 Å². The van der Waals surface area contributed by atoms with Crippen LogP contribution in [-0.2, 0) is 0 Å². The van der Waals surface area contributed by atoms with Crippen LogP contribution in [0.1, 0.15) is 28.4 Å². The molecule has 0 fully saturated rings. The molecule has 5 heteroatoms. The molecule has 3 N–H and O–H groups in total. The zero-order valence-corrected chi connectivity index (χ0v) is 15.3. The first-order valence-corrected chi connectivity index (χ1v) is 8.51. The maximum absolute atomic E-state index is 10.7. The fourth-order valence-corrected chi connectivity index (χ4v) is 2.95. The summed E-state index contributed by atoms with van der Waals surface area (Å²) in [6.07, 6.45) is -0.783. The van der Waals surface area contributed by atoms with E-state index < -0.39 is 6.10 Å². The third-order valence-corrected chi connectivity index (χ3v) is 4.40. The molecule has 0 amide bonds. The summed E-state index contributed by atoms with van der Waals surface area (Å²) in [5.41, 5.74) is 3.99. The van der Waals surface area contributed by atoms with Crippen molar-refractivity contribution in [2.24, 2.45) is 10.9 Å². The van der Waals surface area contributed by atoms with Gasteiger partial charge in [0.1, 0.15) is 6.10 Å². The van der Waals surface area contributed by atoms with Crippen molar-refractivity contribution in [2.45, 2.75) is 6.10 Å². The monoisotopic (exact) mass is 362 g/mol. The number of hydrazone groups is 1. The van der Waals surface area contributed by atoms with Crippen LogP contribution < -0.4 is 15.3 Å². The van der Waals surface area contributed by atoms with E-state index in [1.165, 1.54) is 0 Å². The van der Waals surface area contributed by atoms with Crippen molar-refractivity contribution in [3.8, 4) is 11.5 Å². The third-order valence-electron chi connectivity index (χ3n) is 4.40. The molecule has 0 aliphatic heterocycles. The minimum absolute atomic E-state index is 0.576. The highest BCUT2D eigenvalue weighted by atomic mass is 16.5. The average Bonchev–Trinajstić information content (AvgIpc) is 2.74. The van der Waals surface area contributed by atoms with E-state index in [-0.39, 0.29) is 0 Å². The van der Waals surface area contributed by atoms with Gasteiger partial charge in [0.15, 0.2) is 11.5 Å². The lowest BCUT2D eigenvalue weighted by Gasteiger charge is -2.15. The highest BCUT2D eigenvalue weighted by molar-refractivity contribution is 6.12. The van der Waals surface area contributed by atoms with Gasteiger partial charge in [-0.2, -0.15) is 5.10 Å². The van der Waals surface area contributed by atoms with Gasteiger partial charge in [-0.05, 0) is 23.3 Å². The lowest BCUT2D eigenvalue weighted by molar-refractivity contribution is 0.219. The second kappa shape index (κ2) is 8.38. The Morgan fingerprint density at radius 1 is 0.815 bits per heavy atom. The third kappa shape index (κ3) is 3.93. The van der Waals surface area contributed by atoms with E-state index in [0.717, 1.165) is 22.3 Å². The average molecular weight is 362 g/mol. The number of hydrogen-bond donors (Lipinski definition) is 2. The molecule has 0 bridgehead atoms. The second-order valence-corrected chi connectivity index (χ2v) is 5.98. The van der Waals surface area contributed by atoms with E-state index in [0.29, 0.717) is 17.2 Å². The molecule has 1 unspecified atom stereocenters. The minimum atomic E-state index is -0.783. The molecule has 3 aromatic rings. The van der Waals surface area contributed by atoms with Crippen LogP contribution in [0, 0.1) is 0 Å². The maximum atomic E-state index is 10.7. The zero-order valence-electron chi connectivity index (χ0n) is 15.3. The highest BCUT2D eigenvalue weighted by Crippen LogP contribution is 2.32. The van der Waals surface area contributed by atoms with E-state index in [9.17, 15) is 5.11 Å². The van der Waals surface area contributed by atoms with Crippen molar-refractivity contribution in [3.63, 3.8) is 0 Å². The van der Waals surface area contributed by atoms with Gasteiger partial charge in [-0.3, -0.25) is 0 Å². The van der Waals surface area contributed by atoms with E-state index in [1.807, 2.05) is 60.7 Å². The van der Waals surface area contributed by atoms with Gasteiger partial charge in [-0.15, -0.1) is 0 Å². The summed E-state index contributed by atoms with van der Waals surface area (Å²) < 4.78 is 10.6. The molecule has 0 heterocycles. The minimum Gasteiger partial charge on any atom is -0.493 e. The van der Waals surface area contributed by atoms with E-state index in [4.69, 9.17) is 15.3 Å². The Morgan fingerprint density at radius 2 is 1.41 bits per heavy atom. The number of ether oxygens (including phenoxy) is 2. The van der Waals surface area contributed by atoms with Crippen LogP contribution in [0.15, 0.2) is 77.9 Å². The fraction of sp³-hybridized carbons (Fsp3) is 0.136. The van der Waals surface area contributed by atoms with E-state index >= 15 is 0 Å². The number of nitrogens with two attached hydrogens (primary N) is 1. The lowest BCUT2D eigenvalue weighted by atomic mass is 9.97. The SMILES string of the molecule is COc1ccc(C(O)c2ccc(C(=NN)c3ccccc3)cc2)cc1OC. The molecular formula is C22H22N2O3.